The summed E-state index contributed by atoms with van der Waals surface area (Å²) in [5.41, 5.74) is 5.81. The van der Waals surface area contributed by atoms with Gasteiger partial charge in [0, 0.05) is 38.3 Å². The molecule has 32 heavy (non-hydrogen) atoms. The van der Waals surface area contributed by atoms with Crippen molar-refractivity contribution in [3.63, 3.8) is 0 Å². The Labute approximate surface area is 190 Å². The van der Waals surface area contributed by atoms with E-state index in [0.29, 0.717) is 18.0 Å². The van der Waals surface area contributed by atoms with E-state index in [0.717, 1.165) is 53.3 Å². The first-order chi connectivity index (χ1) is 15.5. The Kier molecular flexibility index (Phi) is 5.72. The molecule has 2 aliphatic rings. The number of nitrogens with zero attached hydrogens (tertiary/aromatic N) is 4. The molecule has 1 aromatic carbocycles. The first-order valence-electron chi connectivity index (χ1n) is 11.9. The molecular formula is C26H33N5O. The Morgan fingerprint density at radius 3 is 2.62 bits per heavy atom. The average molecular weight is 432 g/mol. The molecule has 0 spiro atoms. The standard InChI is InChI=1S/C26H33N5O/c1-17-5-4-12-31(15-17)16-20-8-6-19(7-9-20)14-27-26(32)22-13-23(21-10-11-21)28-25-24(22)18(2)29-30(25)3/h6-9,13,17,21H,4-5,10-12,14-16H2,1-3H3,(H,27,32). The number of fused-ring (bicyclic) bond motifs is 1. The third-order valence-corrected chi connectivity index (χ3v) is 6.85. The fraction of sp³-hybridized carbons (Fsp3) is 0.500. The zero-order chi connectivity index (χ0) is 22.2. The number of pyridine rings is 1. The zero-order valence-corrected chi connectivity index (χ0v) is 19.4. The van der Waals surface area contributed by atoms with Gasteiger partial charge in [-0.2, -0.15) is 5.10 Å². The number of benzene rings is 1. The minimum Gasteiger partial charge on any atom is -0.348 e. The second kappa shape index (κ2) is 8.66. The largest absolute Gasteiger partial charge is 0.348 e. The number of likely N-dealkylation sites (tertiary alicyclic amines) is 1. The third kappa shape index (κ3) is 4.42. The van der Waals surface area contributed by atoms with Gasteiger partial charge in [0.15, 0.2) is 5.65 Å². The highest BCUT2D eigenvalue weighted by atomic mass is 16.1. The summed E-state index contributed by atoms with van der Waals surface area (Å²) in [5, 5.41) is 8.49. The van der Waals surface area contributed by atoms with Gasteiger partial charge in [-0.3, -0.25) is 14.4 Å². The topological polar surface area (TPSA) is 63.1 Å². The molecule has 1 saturated carbocycles. The molecule has 1 aliphatic heterocycles. The van der Waals surface area contributed by atoms with E-state index in [1.54, 1.807) is 4.68 Å². The van der Waals surface area contributed by atoms with Crippen molar-refractivity contribution in [1.82, 2.24) is 25.0 Å². The predicted octanol–water partition coefficient (Wildman–Crippen LogP) is 4.32. The van der Waals surface area contributed by atoms with Crippen molar-refractivity contribution in [3.05, 3.63) is 58.4 Å². The van der Waals surface area contributed by atoms with E-state index >= 15 is 0 Å². The Morgan fingerprint density at radius 2 is 1.91 bits per heavy atom. The number of rotatable bonds is 6. The second-order valence-electron chi connectivity index (χ2n) is 9.76. The van der Waals surface area contributed by atoms with Crippen LogP contribution in [0.25, 0.3) is 11.0 Å². The number of carbonyl (C=O) groups excluding carboxylic acids is 1. The maximum absolute atomic E-state index is 13.2. The van der Waals surface area contributed by atoms with Crippen LogP contribution in [0.5, 0.6) is 0 Å². The van der Waals surface area contributed by atoms with Crippen molar-refractivity contribution in [2.45, 2.75) is 58.5 Å². The first kappa shape index (κ1) is 21.1. The van der Waals surface area contributed by atoms with Gasteiger partial charge in [-0.05, 0) is 62.3 Å². The Balaban J connectivity index is 1.27. The quantitative estimate of drug-likeness (QED) is 0.632. The molecule has 6 heteroatoms. The number of carbonyl (C=O) groups is 1. The molecule has 168 valence electrons. The summed E-state index contributed by atoms with van der Waals surface area (Å²) < 4.78 is 1.79. The van der Waals surface area contributed by atoms with Crippen LogP contribution in [0.1, 0.15) is 71.4 Å². The lowest BCUT2D eigenvalue weighted by Gasteiger charge is -2.30. The lowest BCUT2D eigenvalue weighted by Crippen LogP contribution is -2.33. The van der Waals surface area contributed by atoms with E-state index in [4.69, 9.17) is 4.98 Å². The van der Waals surface area contributed by atoms with Gasteiger partial charge in [-0.25, -0.2) is 4.98 Å². The molecule has 5 rings (SSSR count). The monoisotopic (exact) mass is 431 g/mol. The van der Waals surface area contributed by atoms with Crippen LogP contribution in [0.3, 0.4) is 0 Å². The van der Waals surface area contributed by atoms with Gasteiger partial charge in [0.1, 0.15) is 0 Å². The lowest BCUT2D eigenvalue weighted by molar-refractivity contribution is 0.0952. The summed E-state index contributed by atoms with van der Waals surface area (Å²) in [5.74, 6) is 1.22. The van der Waals surface area contributed by atoms with Crippen molar-refractivity contribution in [2.24, 2.45) is 13.0 Å². The van der Waals surface area contributed by atoms with Crippen LogP contribution < -0.4 is 5.32 Å². The molecule has 0 bridgehead atoms. The molecule has 2 fully saturated rings. The van der Waals surface area contributed by atoms with E-state index in [9.17, 15) is 4.79 Å². The fourth-order valence-electron chi connectivity index (χ4n) is 4.96. The molecule has 1 unspecified atom stereocenters. The fourth-order valence-corrected chi connectivity index (χ4v) is 4.96. The summed E-state index contributed by atoms with van der Waals surface area (Å²) in [4.78, 5) is 20.5. The van der Waals surface area contributed by atoms with Gasteiger partial charge in [0.05, 0.1) is 16.6 Å². The molecule has 1 atom stereocenters. The van der Waals surface area contributed by atoms with E-state index < -0.39 is 0 Å². The van der Waals surface area contributed by atoms with E-state index in [1.807, 2.05) is 20.0 Å². The maximum atomic E-state index is 13.2. The van der Waals surface area contributed by atoms with Gasteiger partial charge >= 0.3 is 0 Å². The van der Waals surface area contributed by atoms with Crippen LogP contribution in [-0.4, -0.2) is 38.7 Å². The van der Waals surface area contributed by atoms with Gasteiger partial charge in [-0.15, -0.1) is 0 Å². The molecule has 1 saturated heterocycles. The molecule has 2 aromatic heterocycles. The number of nitrogens with one attached hydrogen (secondary N) is 1. The minimum atomic E-state index is -0.0539. The molecule has 1 aliphatic carbocycles. The number of hydrogen-bond donors (Lipinski definition) is 1. The van der Waals surface area contributed by atoms with Crippen molar-refractivity contribution in [2.75, 3.05) is 13.1 Å². The van der Waals surface area contributed by atoms with Gasteiger partial charge in [-0.1, -0.05) is 31.2 Å². The molecule has 6 nitrogen and oxygen atoms in total. The van der Waals surface area contributed by atoms with Gasteiger partial charge in [0.25, 0.3) is 5.91 Å². The molecule has 3 heterocycles. The summed E-state index contributed by atoms with van der Waals surface area (Å²) >= 11 is 0. The lowest BCUT2D eigenvalue weighted by atomic mass is 9.99. The van der Waals surface area contributed by atoms with Crippen LogP contribution in [0.4, 0.5) is 0 Å². The number of amides is 1. The van der Waals surface area contributed by atoms with Crippen molar-refractivity contribution < 1.29 is 4.79 Å². The average Bonchev–Trinajstić information content (AvgIpc) is 3.59. The number of hydrogen-bond acceptors (Lipinski definition) is 4. The summed E-state index contributed by atoms with van der Waals surface area (Å²) in [6, 6.07) is 10.6. The third-order valence-electron chi connectivity index (χ3n) is 6.85. The van der Waals surface area contributed by atoms with Crippen molar-refractivity contribution in [1.29, 1.82) is 0 Å². The molecule has 3 aromatic rings. The first-order valence-corrected chi connectivity index (χ1v) is 11.9. The van der Waals surface area contributed by atoms with Crippen molar-refractivity contribution >= 4 is 16.9 Å². The molecule has 0 radical (unpaired) electrons. The summed E-state index contributed by atoms with van der Waals surface area (Å²) in [6.07, 6.45) is 4.95. The highest BCUT2D eigenvalue weighted by Crippen LogP contribution is 2.40. The smallest absolute Gasteiger partial charge is 0.252 e. The highest BCUT2D eigenvalue weighted by Gasteiger charge is 2.28. The van der Waals surface area contributed by atoms with Crippen LogP contribution in [-0.2, 0) is 20.1 Å². The highest BCUT2D eigenvalue weighted by molar-refractivity contribution is 6.06. The SMILES string of the molecule is Cc1nn(C)c2nc(C3CC3)cc(C(=O)NCc3ccc(CN4CCCC(C)C4)cc3)c12. The molecular weight excluding hydrogens is 398 g/mol. The van der Waals surface area contributed by atoms with E-state index in [-0.39, 0.29) is 5.91 Å². The van der Waals surface area contributed by atoms with Crippen LogP contribution in [0.2, 0.25) is 0 Å². The molecule has 1 N–H and O–H groups in total. The van der Waals surface area contributed by atoms with E-state index in [2.05, 4.69) is 46.5 Å². The van der Waals surface area contributed by atoms with Crippen LogP contribution >= 0.6 is 0 Å². The van der Waals surface area contributed by atoms with Gasteiger partial charge < -0.3 is 5.32 Å². The zero-order valence-electron chi connectivity index (χ0n) is 19.4. The van der Waals surface area contributed by atoms with Crippen molar-refractivity contribution in [3.8, 4) is 0 Å². The van der Waals surface area contributed by atoms with E-state index in [1.165, 1.54) is 31.5 Å². The summed E-state index contributed by atoms with van der Waals surface area (Å²) in [6.45, 7) is 8.19. The Bertz CT molecular complexity index is 1130. The predicted molar refractivity (Wildman–Crippen MR) is 127 cm³/mol. The molecule has 1 amide bonds. The minimum absolute atomic E-state index is 0.0539. The van der Waals surface area contributed by atoms with Crippen LogP contribution in [0.15, 0.2) is 30.3 Å². The Hall–Kier alpha value is -2.73. The second-order valence-corrected chi connectivity index (χ2v) is 9.76. The number of piperidine rings is 1. The van der Waals surface area contributed by atoms with Gasteiger partial charge in [0.2, 0.25) is 0 Å². The number of aromatic nitrogens is 3. The van der Waals surface area contributed by atoms with Crippen LogP contribution in [0, 0.1) is 12.8 Å². The Morgan fingerprint density at radius 1 is 1.16 bits per heavy atom. The summed E-state index contributed by atoms with van der Waals surface area (Å²) in [7, 11) is 1.90. The maximum Gasteiger partial charge on any atom is 0.252 e. The number of aryl methyl sites for hydroxylation is 2. The normalized spacial score (nSPS) is 19.4.